The Morgan fingerprint density at radius 3 is 2.13 bits per heavy atom. The molecule has 52 heavy (non-hydrogen) atoms. The first kappa shape index (κ1) is 39.1. The van der Waals surface area contributed by atoms with Crippen molar-refractivity contribution in [1.82, 2.24) is 16.0 Å². The van der Waals surface area contributed by atoms with E-state index in [0.717, 1.165) is 18.4 Å². The molecule has 5 atom stereocenters. The van der Waals surface area contributed by atoms with Crippen molar-refractivity contribution in [2.24, 2.45) is 17.3 Å². The van der Waals surface area contributed by atoms with Crippen molar-refractivity contribution in [3.05, 3.63) is 64.2 Å². The van der Waals surface area contributed by atoms with Gasteiger partial charge in [0.15, 0.2) is 0 Å². The van der Waals surface area contributed by atoms with Gasteiger partial charge in [0.25, 0.3) is 11.8 Å². The number of benzene rings is 2. The van der Waals surface area contributed by atoms with Crippen molar-refractivity contribution in [1.29, 1.82) is 0 Å². The Labute approximate surface area is 307 Å². The van der Waals surface area contributed by atoms with Crippen molar-refractivity contribution in [3.63, 3.8) is 0 Å². The maximum Gasteiger partial charge on any atom is 0.482 e. The lowest BCUT2D eigenvalue weighted by Gasteiger charge is -2.64. The number of amides is 3. The summed E-state index contributed by atoms with van der Waals surface area (Å²) in [5, 5.41) is 18.6. The highest BCUT2D eigenvalue weighted by atomic mass is 16.7. The van der Waals surface area contributed by atoms with Crippen LogP contribution >= 0.6 is 0 Å². The van der Waals surface area contributed by atoms with Crippen LogP contribution in [0.15, 0.2) is 36.4 Å². The molecule has 2 aromatic rings. The quantitative estimate of drug-likeness (QED) is 0.172. The molecule has 4 N–H and O–H groups in total. The van der Waals surface area contributed by atoms with Gasteiger partial charge in [-0.15, -0.1) is 0 Å². The van der Waals surface area contributed by atoms with E-state index in [1.165, 1.54) is 7.11 Å². The normalized spacial score (nSPS) is 23.8. The average Bonchev–Trinajstić information content (AvgIpc) is 3.41. The van der Waals surface area contributed by atoms with E-state index in [0.29, 0.717) is 11.5 Å². The van der Waals surface area contributed by atoms with E-state index in [1.54, 1.807) is 57.2 Å². The Morgan fingerprint density at radius 1 is 0.923 bits per heavy atom. The van der Waals surface area contributed by atoms with Crippen LogP contribution in [0.3, 0.4) is 0 Å². The molecule has 2 aromatic carbocycles. The van der Waals surface area contributed by atoms with Crippen LogP contribution < -0.4 is 20.7 Å². The van der Waals surface area contributed by atoms with Gasteiger partial charge in [0.05, 0.1) is 35.9 Å². The highest BCUT2D eigenvalue weighted by Gasteiger charge is 2.68. The van der Waals surface area contributed by atoms with Crippen LogP contribution in [0, 0.1) is 17.3 Å². The predicted molar refractivity (Wildman–Crippen MR) is 197 cm³/mol. The molecule has 4 fully saturated rings. The summed E-state index contributed by atoms with van der Waals surface area (Å²) in [6.07, 6.45) is 1.26. The molecule has 12 nitrogen and oxygen atoms in total. The van der Waals surface area contributed by atoms with E-state index in [9.17, 15) is 24.3 Å². The maximum atomic E-state index is 14.3. The first-order chi connectivity index (χ1) is 24.2. The van der Waals surface area contributed by atoms with E-state index in [1.807, 2.05) is 20.8 Å². The molecule has 3 amide bonds. The monoisotopic (exact) mass is 719 g/mol. The summed E-state index contributed by atoms with van der Waals surface area (Å²) in [5.41, 5.74) is 0.239. The van der Waals surface area contributed by atoms with Gasteiger partial charge in [0.1, 0.15) is 16.9 Å². The fourth-order valence-corrected chi connectivity index (χ4v) is 8.32. The summed E-state index contributed by atoms with van der Waals surface area (Å²) >= 11 is 0. The van der Waals surface area contributed by atoms with Crippen LogP contribution in [-0.4, -0.2) is 79.5 Å². The Bertz CT molecular complexity index is 1720. The molecule has 3 saturated carbocycles. The summed E-state index contributed by atoms with van der Waals surface area (Å²) < 4.78 is 24.6. The van der Waals surface area contributed by atoms with Gasteiger partial charge in [-0.25, -0.2) is 9.59 Å². The zero-order valence-corrected chi connectivity index (χ0v) is 32.1. The molecule has 1 heterocycles. The van der Waals surface area contributed by atoms with Gasteiger partial charge in [-0.05, 0) is 93.4 Å². The average molecular weight is 720 g/mol. The lowest BCUT2D eigenvalue weighted by molar-refractivity contribution is -0.199. The van der Waals surface area contributed by atoms with Gasteiger partial charge in [-0.2, -0.15) is 0 Å². The lowest BCUT2D eigenvalue weighted by Crippen LogP contribution is -2.65. The van der Waals surface area contributed by atoms with Gasteiger partial charge < -0.3 is 39.8 Å². The minimum atomic E-state index is -1.13. The number of hydrogen-bond acceptors (Lipinski definition) is 8. The topological polar surface area (TPSA) is 162 Å². The fraction of sp³-hybridized carbons (Fsp3) is 0.590. The minimum absolute atomic E-state index is 0.00946. The van der Waals surface area contributed by atoms with E-state index in [-0.39, 0.29) is 59.4 Å². The zero-order valence-electron chi connectivity index (χ0n) is 32.1. The number of methoxy groups -OCH3 is 1. The first-order valence-corrected chi connectivity index (χ1v) is 18.1. The van der Waals surface area contributed by atoms with Crippen LogP contribution in [0.4, 0.5) is 4.79 Å². The highest BCUT2D eigenvalue weighted by molar-refractivity contribution is 6.48. The predicted octanol–water partition coefficient (Wildman–Crippen LogP) is 5.55. The highest BCUT2D eigenvalue weighted by Crippen LogP contribution is 2.65. The van der Waals surface area contributed by atoms with Gasteiger partial charge >= 0.3 is 19.2 Å². The van der Waals surface area contributed by atoms with Crippen LogP contribution in [0.2, 0.25) is 0 Å². The van der Waals surface area contributed by atoms with Crippen LogP contribution in [0.25, 0.3) is 0 Å². The second-order valence-corrected chi connectivity index (χ2v) is 17.1. The Hall–Kier alpha value is -4.10. The second kappa shape index (κ2) is 14.4. The third-order valence-corrected chi connectivity index (χ3v) is 11.0. The van der Waals surface area contributed by atoms with Gasteiger partial charge in [0, 0.05) is 18.7 Å². The maximum absolute atomic E-state index is 14.3. The van der Waals surface area contributed by atoms with Crippen molar-refractivity contribution in [2.75, 3.05) is 20.2 Å². The van der Waals surface area contributed by atoms with Crippen molar-refractivity contribution < 1.29 is 43.1 Å². The number of nitrogens with one attached hydrogen (secondary N) is 3. The van der Waals surface area contributed by atoms with Crippen LogP contribution in [0.1, 0.15) is 117 Å². The Morgan fingerprint density at radius 2 is 1.56 bits per heavy atom. The molecule has 0 spiro atoms. The largest absolute Gasteiger partial charge is 0.496 e. The summed E-state index contributed by atoms with van der Waals surface area (Å²) in [6.45, 7) is 18.3. The molecule has 2 bridgehead atoms. The number of aromatic carboxylic acids is 1. The molecule has 4 unspecified atom stereocenters. The van der Waals surface area contributed by atoms with E-state index >= 15 is 0 Å². The molecule has 6 rings (SSSR count). The van der Waals surface area contributed by atoms with E-state index < -0.39 is 53.6 Å². The number of rotatable bonds is 11. The summed E-state index contributed by atoms with van der Waals surface area (Å²) in [7, 11) is 0.580. The van der Waals surface area contributed by atoms with E-state index in [2.05, 4.69) is 36.7 Å². The standard InChI is InChI=1S/C39H54BN3O9/c1-36(2,3)27-16-15-25(34(46)47)31(49-10)26(27)21-30(40-51-29-20-22-19-28(38(22,7)8)39(29,9)52-40)43-33(45)24-14-12-11-13-23(24)32(44)41-17-18-42-35(48)50-37(4,5)6/h11-16,22,28-30H,17-21H2,1-10H3,(H,41,44)(H,42,48)(H,43,45)(H,46,47)/t22?,28?,29?,30-,39?/m0/s1. The Kier molecular flexibility index (Phi) is 10.8. The third kappa shape index (κ3) is 7.80. The van der Waals surface area contributed by atoms with Gasteiger partial charge in [0.2, 0.25) is 0 Å². The molecule has 1 aliphatic heterocycles. The molecular weight excluding hydrogens is 665 g/mol. The molecule has 3 aliphatic carbocycles. The summed E-state index contributed by atoms with van der Waals surface area (Å²) in [5.74, 6) is -1.94. The summed E-state index contributed by atoms with van der Waals surface area (Å²) in [6, 6.07) is 9.82. The van der Waals surface area contributed by atoms with Crippen LogP contribution in [-0.2, 0) is 25.9 Å². The zero-order chi connectivity index (χ0) is 38.4. The molecule has 0 aromatic heterocycles. The van der Waals surface area contributed by atoms with Crippen molar-refractivity contribution >= 4 is 31.0 Å². The smallest absolute Gasteiger partial charge is 0.482 e. The van der Waals surface area contributed by atoms with Crippen LogP contribution in [0.5, 0.6) is 5.75 Å². The Balaban J connectivity index is 1.44. The third-order valence-electron chi connectivity index (χ3n) is 11.0. The van der Waals surface area contributed by atoms with Crippen molar-refractivity contribution in [2.45, 2.75) is 110 Å². The number of carboxylic acids is 1. The molecule has 4 aliphatic rings. The molecule has 1 saturated heterocycles. The summed E-state index contributed by atoms with van der Waals surface area (Å²) in [4.78, 5) is 52.0. The van der Waals surface area contributed by atoms with Gasteiger partial charge in [-0.3, -0.25) is 9.59 Å². The van der Waals surface area contributed by atoms with Crippen molar-refractivity contribution in [3.8, 4) is 5.75 Å². The van der Waals surface area contributed by atoms with Gasteiger partial charge in [-0.1, -0.05) is 52.8 Å². The van der Waals surface area contributed by atoms with E-state index in [4.69, 9.17) is 18.8 Å². The second-order valence-electron chi connectivity index (χ2n) is 17.1. The molecular formula is C39H54BN3O9. The fourth-order valence-electron chi connectivity index (χ4n) is 8.32. The molecule has 282 valence electrons. The lowest BCUT2D eigenvalue weighted by atomic mass is 9.43. The first-order valence-electron chi connectivity index (χ1n) is 18.1. The SMILES string of the molecule is COc1c(C(=O)O)ccc(C(C)(C)C)c1C[C@H](NC(=O)c1ccccc1C(=O)NCCNC(=O)OC(C)(C)C)B1OC2CC3CC(C3(C)C)C2(C)O1. The number of carbonyl (C=O) groups excluding carboxylic acids is 3. The number of alkyl carbamates (subject to hydrolysis) is 1. The number of carbonyl (C=O) groups is 4. The number of ether oxygens (including phenoxy) is 2. The number of hydrogen-bond donors (Lipinski definition) is 4. The number of carboxylic acid groups (broad SMARTS) is 1. The molecule has 0 radical (unpaired) electrons. The minimum Gasteiger partial charge on any atom is -0.496 e. The molecule has 13 heteroatoms.